The predicted octanol–water partition coefficient (Wildman–Crippen LogP) is 6.07. The molecule has 0 spiro atoms. The van der Waals surface area contributed by atoms with E-state index in [-0.39, 0.29) is 17.8 Å². The van der Waals surface area contributed by atoms with Crippen molar-refractivity contribution in [3.63, 3.8) is 0 Å². The van der Waals surface area contributed by atoms with Gasteiger partial charge in [0.1, 0.15) is 0 Å². The van der Waals surface area contributed by atoms with E-state index in [0.717, 1.165) is 30.3 Å². The lowest BCUT2D eigenvalue weighted by molar-refractivity contribution is -0.137. The van der Waals surface area contributed by atoms with Gasteiger partial charge in [-0.05, 0) is 54.4 Å². The van der Waals surface area contributed by atoms with Gasteiger partial charge in [0.15, 0.2) is 11.6 Å². The molecule has 0 unspecified atom stereocenters. The zero-order chi connectivity index (χ0) is 25.2. The van der Waals surface area contributed by atoms with E-state index in [0.29, 0.717) is 30.8 Å². The smallest absolute Gasteiger partial charge is 0.320 e. The first-order chi connectivity index (χ1) is 16.6. The molecule has 3 aromatic carbocycles. The van der Waals surface area contributed by atoms with Crippen molar-refractivity contribution >= 4 is 23.3 Å². The molecule has 0 aliphatic carbocycles. The lowest BCUT2D eigenvalue weighted by Crippen LogP contribution is -2.49. The molecule has 1 saturated heterocycles. The Hall–Kier alpha value is -3.95. The van der Waals surface area contributed by atoms with Crippen LogP contribution in [-0.4, -0.2) is 29.9 Å². The Morgan fingerprint density at radius 1 is 0.914 bits per heavy atom. The summed E-state index contributed by atoms with van der Waals surface area (Å²) < 4.78 is 65.9. The number of nitrogens with one attached hydrogen (secondary N) is 1. The van der Waals surface area contributed by atoms with Gasteiger partial charge in [0.2, 0.25) is 0 Å². The zero-order valence-corrected chi connectivity index (χ0v) is 18.3. The molecule has 1 fully saturated rings. The summed E-state index contributed by atoms with van der Waals surface area (Å²) in [7, 11) is 0. The molecule has 1 heterocycles. The molecule has 182 valence electrons. The van der Waals surface area contributed by atoms with Gasteiger partial charge in [-0.25, -0.2) is 13.6 Å². The Balaban J connectivity index is 1.54. The van der Waals surface area contributed by atoms with E-state index in [1.54, 1.807) is 24.3 Å². The summed E-state index contributed by atoms with van der Waals surface area (Å²) in [6, 6.07) is 13.5. The Bertz CT molecular complexity index is 1260. The second-order valence-corrected chi connectivity index (χ2v) is 8.01. The summed E-state index contributed by atoms with van der Waals surface area (Å²) in [5, 5.41) is 2.59. The lowest BCUT2D eigenvalue weighted by atomic mass is 10.1. The fourth-order valence-electron chi connectivity index (χ4n) is 3.86. The highest BCUT2D eigenvalue weighted by Gasteiger charge is 2.31. The Morgan fingerprint density at radius 2 is 1.69 bits per heavy atom. The summed E-state index contributed by atoms with van der Waals surface area (Å²) in [5.74, 6) is -2.75. The molecule has 1 aliphatic heterocycles. The number of carbonyl (C=O) groups is 2. The summed E-state index contributed by atoms with van der Waals surface area (Å²) in [4.78, 5) is 28.8. The molecule has 0 atom stereocenters. The number of carbonyl (C=O) groups excluding carboxylic acids is 2. The van der Waals surface area contributed by atoms with Crippen molar-refractivity contribution in [3.05, 3.63) is 95.1 Å². The van der Waals surface area contributed by atoms with E-state index < -0.39 is 35.3 Å². The molecule has 4 rings (SSSR count). The minimum absolute atomic E-state index is 0.0608. The number of anilines is 2. The van der Waals surface area contributed by atoms with Gasteiger partial charge in [-0.3, -0.25) is 9.69 Å². The quantitative estimate of drug-likeness (QED) is 0.443. The van der Waals surface area contributed by atoms with E-state index in [1.165, 1.54) is 21.9 Å². The highest BCUT2D eigenvalue weighted by molar-refractivity contribution is 6.07. The lowest BCUT2D eigenvalue weighted by Gasteiger charge is -2.36. The van der Waals surface area contributed by atoms with Crippen LogP contribution in [0.2, 0.25) is 0 Å². The van der Waals surface area contributed by atoms with Gasteiger partial charge in [0, 0.05) is 25.2 Å². The molecule has 1 N–H and O–H groups in total. The molecule has 0 bridgehead atoms. The summed E-state index contributed by atoms with van der Waals surface area (Å²) in [5.41, 5.74) is -0.0898. The average molecular weight is 489 g/mol. The first-order valence-corrected chi connectivity index (χ1v) is 10.7. The normalized spacial score (nSPS) is 14.3. The zero-order valence-electron chi connectivity index (χ0n) is 18.3. The van der Waals surface area contributed by atoms with Crippen molar-refractivity contribution in [3.8, 4) is 0 Å². The highest BCUT2D eigenvalue weighted by Crippen LogP contribution is 2.32. The fraction of sp³-hybridized carbons (Fsp3) is 0.200. The largest absolute Gasteiger partial charge is 0.416 e. The number of urea groups is 1. The molecule has 10 heteroatoms. The van der Waals surface area contributed by atoms with Crippen LogP contribution < -0.4 is 10.2 Å². The second kappa shape index (κ2) is 9.73. The van der Waals surface area contributed by atoms with Crippen LogP contribution in [0.15, 0.2) is 66.7 Å². The summed E-state index contributed by atoms with van der Waals surface area (Å²) >= 11 is 0. The second-order valence-electron chi connectivity index (χ2n) is 8.01. The van der Waals surface area contributed by atoms with Gasteiger partial charge in [0.05, 0.1) is 16.9 Å². The number of halogens is 5. The predicted molar refractivity (Wildman–Crippen MR) is 120 cm³/mol. The van der Waals surface area contributed by atoms with Crippen LogP contribution in [0, 0.1) is 11.6 Å². The number of amides is 3. The average Bonchev–Trinajstić information content (AvgIpc) is 2.83. The number of nitrogens with zero attached hydrogens (tertiary/aromatic N) is 2. The van der Waals surface area contributed by atoms with E-state index in [4.69, 9.17) is 0 Å². The topological polar surface area (TPSA) is 52.7 Å². The van der Waals surface area contributed by atoms with E-state index in [9.17, 15) is 31.5 Å². The van der Waals surface area contributed by atoms with Crippen LogP contribution in [0.3, 0.4) is 0 Å². The van der Waals surface area contributed by atoms with Crippen molar-refractivity contribution in [2.24, 2.45) is 0 Å². The van der Waals surface area contributed by atoms with Crippen LogP contribution in [-0.2, 0) is 12.7 Å². The van der Waals surface area contributed by atoms with Crippen LogP contribution in [0.1, 0.15) is 27.9 Å². The molecule has 5 nitrogen and oxygen atoms in total. The maximum atomic E-state index is 13.6. The summed E-state index contributed by atoms with van der Waals surface area (Å²) in [6.07, 6.45) is -4.02. The van der Waals surface area contributed by atoms with Gasteiger partial charge < -0.3 is 10.2 Å². The van der Waals surface area contributed by atoms with Crippen LogP contribution in [0.4, 0.5) is 38.1 Å². The minimum atomic E-state index is -4.59. The van der Waals surface area contributed by atoms with Gasteiger partial charge in [-0.2, -0.15) is 13.2 Å². The van der Waals surface area contributed by atoms with Gasteiger partial charge in [0.25, 0.3) is 5.91 Å². The number of rotatable bonds is 5. The van der Waals surface area contributed by atoms with Gasteiger partial charge >= 0.3 is 12.2 Å². The van der Waals surface area contributed by atoms with Gasteiger partial charge in [-0.1, -0.05) is 24.3 Å². The number of benzene rings is 3. The SMILES string of the molecule is O=C(Nc1ccccc1N1CCCN(Cc2ccc(F)c(F)c2)C1=O)c1cccc(C(F)(F)F)c1. The molecule has 35 heavy (non-hydrogen) atoms. The Morgan fingerprint density at radius 3 is 2.43 bits per heavy atom. The van der Waals surface area contributed by atoms with Crippen molar-refractivity contribution in [2.75, 3.05) is 23.3 Å². The monoisotopic (exact) mass is 489 g/mol. The van der Waals surface area contributed by atoms with Crippen molar-refractivity contribution < 1.29 is 31.5 Å². The Kier molecular flexibility index (Phi) is 6.72. The number of alkyl halides is 3. The van der Waals surface area contributed by atoms with E-state index in [2.05, 4.69) is 5.32 Å². The third kappa shape index (κ3) is 5.42. The van der Waals surface area contributed by atoms with Crippen molar-refractivity contribution in [2.45, 2.75) is 19.1 Å². The first-order valence-electron chi connectivity index (χ1n) is 10.7. The molecule has 1 aliphatic rings. The summed E-state index contributed by atoms with van der Waals surface area (Å²) in [6.45, 7) is 0.794. The van der Waals surface area contributed by atoms with Crippen LogP contribution >= 0.6 is 0 Å². The highest BCUT2D eigenvalue weighted by atomic mass is 19.4. The molecular weight excluding hydrogens is 469 g/mol. The standard InChI is InChI=1S/C25H20F5N3O2/c26-19-10-9-16(13-20(19)27)15-32-11-4-12-33(24(32)35)22-8-2-1-7-21(22)31-23(34)17-5-3-6-18(14-17)25(28,29)30/h1-3,5-10,13-14H,4,11-12,15H2,(H,31,34). The third-order valence-corrected chi connectivity index (χ3v) is 5.56. The fourth-order valence-corrected chi connectivity index (χ4v) is 3.86. The molecule has 0 saturated carbocycles. The number of para-hydroxylation sites is 2. The van der Waals surface area contributed by atoms with E-state index >= 15 is 0 Å². The molecular formula is C25H20F5N3O2. The Labute approximate surface area is 197 Å². The molecule has 3 amide bonds. The maximum absolute atomic E-state index is 13.6. The van der Waals surface area contributed by atoms with Crippen molar-refractivity contribution in [1.29, 1.82) is 0 Å². The van der Waals surface area contributed by atoms with Gasteiger partial charge in [-0.15, -0.1) is 0 Å². The van der Waals surface area contributed by atoms with Crippen LogP contribution in [0.5, 0.6) is 0 Å². The minimum Gasteiger partial charge on any atom is -0.320 e. The molecule has 3 aromatic rings. The van der Waals surface area contributed by atoms with E-state index in [1.807, 2.05) is 0 Å². The van der Waals surface area contributed by atoms with Crippen molar-refractivity contribution in [1.82, 2.24) is 4.90 Å². The maximum Gasteiger partial charge on any atom is 0.416 e. The van der Waals surface area contributed by atoms with Crippen LogP contribution in [0.25, 0.3) is 0 Å². The molecule has 0 aromatic heterocycles. The third-order valence-electron chi connectivity index (χ3n) is 5.56. The number of hydrogen-bond donors (Lipinski definition) is 1. The molecule has 0 radical (unpaired) electrons. The number of hydrogen-bond acceptors (Lipinski definition) is 2. The first kappa shape index (κ1) is 24.2.